The number of rotatable bonds is 12. The third-order valence-electron chi connectivity index (χ3n) is 4.88. The van der Waals surface area contributed by atoms with Gasteiger partial charge in [-0.3, -0.25) is 0 Å². The van der Waals surface area contributed by atoms with Crippen LogP contribution < -0.4 is 13.4 Å². The Labute approximate surface area is 182 Å². The fraction of sp³-hybridized carbons (Fsp3) is 0.455. The third kappa shape index (κ3) is 7.61. The monoisotopic (exact) mass is 486 g/mol. The molecule has 2 rings (SSSR count). The van der Waals surface area contributed by atoms with Crippen molar-refractivity contribution >= 4 is 32.1 Å². The number of hydrogen-bond donors (Lipinski definition) is 1. The second kappa shape index (κ2) is 12.1. The molecule has 0 heterocycles. The first-order valence-electron chi connectivity index (χ1n) is 9.90. The second-order valence-corrected chi connectivity index (χ2v) is 19.9. The zero-order valence-corrected chi connectivity index (χ0v) is 20.9. The molecule has 0 unspecified atom stereocenters. The zero-order chi connectivity index (χ0) is 20.4. The van der Waals surface area contributed by atoms with Crippen molar-refractivity contribution < 1.29 is 13.4 Å². The molecular formula is C22H33NO2PSSe+2. The summed E-state index contributed by atoms with van der Waals surface area (Å²) < 4.78 is 12.2. The molecule has 0 spiro atoms. The molecule has 28 heavy (non-hydrogen) atoms. The summed E-state index contributed by atoms with van der Waals surface area (Å²) in [6.45, 7) is 6.93. The fourth-order valence-corrected chi connectivity index (χ4v) is 14.4. The van der Waals surface area contributed by atoms with Gasteiger partial charge in [-0.2, -0.15) is 0 Å². The molecule has 1 N–H and O–H groups in total. The van der Waals surface area contributed by atoms with E-state index in [1.807, 2.05) is 0 Å². The van der Waals surface area contributed by atoms with Crippen molar-refractivity contribution in [2.24, 2.45) is 0 Å². The Kier molecular flexibility index (Phi) is 10.2. The molecule has 1 radical (unpaired) electrons. The first-order chi connectivity index (χ1) is 13.5. The van der Waals surface area contributed by atoms with Gasteiger partial charge in [-0.05, 0) is 0 Å². The summed E-state index contributed by atoms with van der Waals surface area (Å²) in [5.41, 5.74) is 2.73. The molecule has 0 aliphatic rings. The van der Waals surface area contributed by atoms with E-state index in [0.29, 0.717) is 14.7 Å². The molecule has 0 saturated carbocycles. The van der Waals surface area contributed by atoms with Crippen LogP contribution in [0.15, 0.2) is 48.5 Å². The number of quaternary nitrogens is 1. The molecule has 2 aromatic carbocycles. The Hall–Kier alpha value is -0.701. The minimum atomic E-state index is -1.38. The third-order valence-corrected chi connectivity index (χ3v) is 16.8. The van der Waals surface area contributed by atoms with Crippen LogP contribution in [0.25, 0.3) is 0 Å². The van der Waals surface area contributed by atoms with Gasteiger partial charge in [0.15, 0.2) is 0 Å². The molecule has 3 nitrogen and oxygen atoms in total. The fourth-order valence-electron chi connectivity index (χ4n) is 3.00. The molecule has 0 fully saturated rings. The van der Waals surface area contributed by atoms with Crippen LogP contribution in [0.2, 0.25) is 0 Å². The van der Waals surface area contributed by atoms with Gasteiger partial charge >= 0.3 is 183 Å². The Morgan fingerprint density at radius 1 is 0.929 bits per heavy atom. The summed E-state index contributed by atoms with van der Waals surface area (Å²) >= 11 is 6.87. The summed E-state index contributed by atoms with van der Waals surface area (Å²) in [6.07, 6.45) is 4.47. The number of benzene rings is 2. The molecule has 2 aromatic rings. The van der Waals surface area contributed by atoms with Crippen LogP contribution in [0.1, 0.15) is 25.0 Å². The Balaban J connectivity index is 2.04. The quantitative estimate of drug-likeness (QED) is 0.216. The van der Waals surface area contributed by atoms with Crippen LogP contribution in [-0.2, 0) is 25.1 Å². The molecule has 6 heteroatoms. The number of hydrogen-bond acceptors (Lipinski definition) is 3. The first kappa shape index (κ1) is 23.6. The van der Waals surface area contributed by atoms with Crippen molar-refractivity contribution in [1.82, 2.24) is 0 Å². The van der Waals surface area contributed by atoms with Gasteiger partial charge in [0.05, 0.1) is 0 Å². The first-order valence-corrected chi connectivity index (χ1v) is 16.1. The van der Waals surface area contributed by atoms with Gasteiger partial charge in [0.2, 0.25) is 0 Å². The van der Waals surface area contributed by atoms with Crippen LogP contribution in [0, 0.1) is 0 Å². The van der Waals surface area contributed by atoms with Crippen molar-refractivity contribution in [2.75, 3.05) is 39.6 Å². The van der Waals surface area contributed by atoms with Crippen LogP contribution in [0.3, 0.4) is 0 Å². The summed E-state index contributed by atoms with van der Waals surface area (Å²) in [4.78, 5) is 0. The molecule has 0 amide bonds. The SMILES string of the molecule is CC[NH+](CC)[Se][P+]([S-])(CCc1ccc(OC)cc1)CCc1ccc([O+]C)cc1. The molecule has 0 saturated heterocycles. The summed E-state index contributed by atoms with van der Waals surface area (Å²) in [6, 6.07) is 16.9. The van der Waals surface area contributed by atoms with E-state index in [1.54, 1.807) is 18.1 Å². The van der Waals surface area contributed by atoms with E-state index in [1.165, 1.54) is 24.2 Å². The van der Waals surface area contributed by atoms with Crippen LogP contribution in [-0.4, -0.2) is 54.4 Å². The Morgan fingerprint density at radius 2 is 1.43 bits per heavy atom. The van der Waals surface area contributed by atoms with Gasteiger partial charge in [0.25, 0.3) is 0 Å². The molecule has 0 atom stereocenters. The Morgan fingerprint density at radius 3 is 1.86 bits per heavy atom. The van der Waals surface area contributed by atoms with Crippen LogP contribution in [0.5, 0.6) is 11.5 Å². The van der Waals surface area contributed by atoms with Crippen molar-refractivity contribution in [3.05, 3.63) is 59.7 Å². The van der Waals surface area contributed by atoms with Gasteiger partial charge in [-0.15, -0.1) is 0 Å². The number of ether oxygens (including phenoxy) is 2. The molecule has 0 bridgehead atoms. The summed E-state index contributed by atoms with van der Waals surface area (Å²) in [5, 5.41) is -1.38. The Bertz CT molecular complexity index is 641. The summed E-state index contributed by atoms with van der Waals surface area (Å²) in [5.74, 6) is 1.83. The topological polar surface area (TPSA) is 25.0 Å². The van der Waals surface area contributed by atoms with Gasteiger partial charge in [-0.25, -0.2) is 0 Å². The average Bonchev–Trinajstić information content (AvgIpc) is 2.75. The molecule has 0 aliphatic heterocycles. The predicted molar refractivity (Wildman–Crippen MR) is 125 cm³/mol. The van der Waals surface area contributed by atoms with Gasteiger partial charge < -0.3 is 0 Å². The molecule has 0 aliphatic carbocycles. The maximum atomic E-state index is 6.37. The van der Waals surface area contributed by atoms with Gasteiger partial charge in [0, 0.05) is 0 Å². The molecular weight excluding hydrogens is 452 g/mol. The standard InChI is InChI=1S/C22H32NO2PSSe/c1-5-23(6-2)28-26(27,17-15-19-7-11-21(24-3)12-8-19)18-16-20-9-13-22(25-4)14-10-20/h7-14H,5-6,15-18H2,1-4H3/q+1/p+1. The predicted octanol–water partition coefficient (Wildman–Crippen LogP) is 3.43. The van der Waals surface area contributed by atoms with Crippen molar-refractivity contribution in [1.29, 1.82) is 0 Å². The van der Waals surface area contributed by atoms with E-state index < -0.39 is 5.15 Å². The minimum absolute atomic E-state index is 0.491. The average molecular weight is 486 g/mol. The number of methoxy groups -OCH3 is 2. The number of aryl methyl sites for hydroxylation is 2. The normalized spacial score (nSPS) is 13.4. The van der Waals surface area contributed by atoms with Gasteiger partial charge in [-0.1, -0.05) is 0 Å². The van der Waals surface area contributed by atoms with E-state index in [-0.39, 0.29) is 0 Å². The van der Waals surface area contributed by atoms with Crippen LogP contribution in [0.4, 0.5) is 0 Å². The summed E-state index contributed by atoms with van der Waals surface area (Å²) in [7, 11) is 3.42. The molecule has 0 aromatic heterocycles. The van der Waals surface area contributed by atoms with Gasteiger partial charge in [0.1, 0.15) is 0 Å². The zero-order valence-electron chi connectivity index (χ0n) is 17.4. The van der Waals surface area contributed by atoms with E-state index in [2.05, 4.69) is 62.4 Å². The second-order valence-electron chi connectivity index (χ2n) is 6.79. The van der Waals surface area contributed by atoms with Crippen molar-refractivity contribution in [3.8, 4) is 11.5 Å². The van der Waals surface area contributed by atoms with E-state index >= 15 is 0 Å². The maximum absolute atomic E-state index is 6.37. The van der Waals surface area contributed by atoms with Crippen molar-refractivity contribution in [3.63, 3.8) is 0 Å². The van der Waals surface area contributed by atoms with E-state index in [9.17, 15) is 0 Å². The number of nitrogens with one attached hydrogen (secondary N) is 1. The van der Waals surface area contributed by atoms with Crippen LogP contribution >= 0.6 is 5.15 Å². The van der Waals surface area contributed by atoms with E-state index in [0.717, 1.165) is 36.7 Å². The molecule has 153 valence electrons. The van der Waals surface area contributed by atoms with E-state index in [4.69, 9.17) is 21.7 Å². The van der Waals surface area contributed by atoms with Crippen molar-refractivity contribution in [2.45, 2.75) is 26.7 Å².